The van der Waals surface area contributed by atoms with Gasteiger partial charge in [0.05, 0.1) is 10.7 Å². The third-order valence-electron chi connectivity index (χ3n) is 3.86. The van der Waals surface area contributed by atoms with E-state index in [-0.39, 0.29) is 0 Å². The largest absolute Gasteiger partial charge is 0.313 e. The molecule has 0 bridgehead atoms. The first-order chi connectivity index (χ1) is 9.86. The molecule has 1 fully saturated rings. The van der Waals surface area contributed by atoms with Crippen molar-refractivity contribution in [3.63, 3.8) is 0 Å². The van der Waals surface area contributed by atoms with Crippen LogP contribution in [0, 0.1) is 5.92 Å². The maximum atomic E-state index is 4.82. The van der Waals surface area contributed by atoms with E-state index in [4.69, 9.17) is 4.98 Å². The second kappa shape index (κ2) is 6.51. The third-order valence-corrected chi connectivity index (χ3v) is 4.73. The zero-order valence-corrected chi connectivity index (χ0v) is 12.8. The first-order valence-corrected chi connectivity index (χ1v) is 8.48. The minimum absolute atomic E-state index is 0.629. The van der Waals surface area contributed by atoms with Crippen LogP contribution in [0.1, 0.15) is 31.2 Å². The molecule has 3 heteroatoms. The van der Waals surface area contributed by atoms with Crippen LogP contribution in [-0.4, -0.2) is 17.6 Å². The molecule has 1 heterocycles. The van der Waals surface area contributed by atoms with Gasteiger partial charge in [0.2, 0.25) is 0 Å². The van der Waals surface area contributed by atoms with E-state index in [0.29, 0.717) is 6.04 Å². The van der Waals surface area contributed by atoms with Gasteiger partial charge >= 0.3 is 0 Å². The number of nitrogens with one attached hydrogen (secondary N) is 1. The number of rotatable bonds is 7. The van der Waals surface area contributed by atoms with Crippen molar-refractivity contribution < 1.29 is 0 Å². The van der Waals surface area contributed by atoms with Gasteiger partial charge in [-0.3, -0.25) is 0 Å². The number of nitrogens with zero attached hydrogens (tertiary/aromatic N) is 1. The fourth-order valence-electron chi connectivity index (χ4n) is 2.57. The number of hydrogen-bond donors (Lipinski definition) is 1. The molecular weight excluding hydrogens is 264 g/mol. The fraction of sp³-hybridized carbons (Fsp3) is 0.471. The Morgan fingerprint density at radius 2 is 2.10 bits per heavy atom. The van der Waals surface area contributed by atoms with Gasteiger partial charge in [-0.05, 0) is 31.7 Å². The summed E-state index contributed by atoms with van der Waals surface area (Å²) in [5.41, 5.74) is 2.34. The molecule has 3 rings (SSSR count). The number of aromatic nitrogens is 1. The highest BCUT2D eigenvalue weighted by atomic mass is 32.1. The van der Waals surface area contributed by atoms with E-state index in [1.807, 2.05) is 0 Å². The Balaban J connectivity index is 1.67. The van der Waals surface area contributed by atoms with Gasteiger partial charge in [0, 0.05) is 23.4 Å². The Kier molecular flexibility index (Phi) is 4.48. The molecule has 1 aliphatic rings. The molecule has 1 aromatic carbocycles. The number of hydrogen-bond acceptors (Lipinski definition) is 3. The quantitative estimate of drug-likeness (QED) is 0.828. The van der Waals surface area contributed by atoms with Gasteiger partial charge in [-0.15, -0.1) is 11.3 Å². The van der Waals surface area contributed by atoms with Crippen molar-refractivity contribution in [2.75, 3.05) is 6.54 Å². The molecule has 2 aromatic rings. The van der Waals surface area contributed by atoms with Crippen molar-refractivity contribution >= 4 is 11.3 Å². The molecule has 1 aliphatic carbocycles. The highest BCUT2D eigenvalue weighted by molar-refractivity contribution is 7.09. The lowest BCUT2D eigenvalue weighted by atomic mass is 10.1. The van der Waals surface area contributed by atoms with Crippen molar-refractivity contribution in [1.29, 1.82) is 0 Å². The summed E-state index contributed by atoms with van der Waals surface area (Å²) in [6.07, 6.45) is 5.06. The minimum Gasteiger partial charge on any atom is -0.313 e. The summed E-state index contributed by atoms with van der Waals surface area (Å²) in [5.74, 6) is 0.880. The molecule has 1 saturated carbocycles. The molecule has 0 spiro atoms. The molecule has 1 aromatic heterocycles. The van der Waals surface area contributed by atoms with Crippen LogP contribution in [0.5, 0.6) is 0 Å². The topological polar surface area (TPSA) is 24.9 Å². The summed E-state index contributed by atoms with van der Waals surface area (Å²) in [6.45, 7) is 3.35. The molecular formula is C17H22N2S. The van der Waals surface area contributed by atoms with E-state index in [1.54, 1.807) is 11.3 Å². The number of thiazole rings is 1. The zero-order valence-electron chi connectivity index (χ0n) is 12.0. The van der Waals surface area contributed by atoms with Gasteiger partial charge in [-0.1, -0.05) is 37.3 Å². The summed E-state index contributed by atoms with van der Waals surface area (Å²) >= 11 is 1.80. The zero-order chi connectivity index (χ0) is 13.8. The molecule has 0 radical (unpaired) electrons. The molecule has 0 aliphatic heterocycles. The molecule has 2 nitrogen and oxygen atoms in total. The van der Waals surface area contributed by atoms with Crippen LogP contribution < -0.4 is 5.32 Å². The second-order valence-electron chi connectivity index (χ2n) is 5.59. The van der Waals surface area contributed by atoms with E-state index in [0.717, 1.165) is 24.6 Å². The van der Waals surface area contributed by atoms with E-state index in [2.05, 4.69) is 48.0 Å². The van der Waals surface area contributed by atoms with Gasteiger partial charge in [0.15, 0.2) is 0 Å². The molecule has 1 unspecified atom stereocenters. The smallest absolute Gasteiger partial charge is 0.0948 e. The lowest BCUT2D eigenvalue weighted by Gasteiger charge is -2.16. The Morgan fingerprint density at radius 3 is 2.80 bits per heavy atom. The summed E-state index contributed by atoms with van der Waals surface area (Å²) in [6, 6.07) is 11.1. The van der Waals surface area contributed by atoms with E-state index >= 15 is 0 Å². The fourth-order valence-corrected chi connectivity index (χ4v) is 3.43. The lowest BCUT2D eigenvalue weighted by molar-refractivity contribution is 0.459. The molecule has 106 valence electrons. The van der Waals surface area contributed by atoms with E-state index < -0.39 is 0 Å². The minimum atomic E-state index is 0.629. The van der Waals surface area contributed by atoms with Crippen LogP contribution >= 0.6 is 11.3 Å². The lowest BCUT2D eigenvalue weighted by Crippen LogP contribution is -2.33. The van der Waals surface area contributed by atoms with Gasteiger partial charge < -0.3 is 5.32 Å². The summed E-state index contributed by atoms with van der Waals surface area (Å²) < 4.78 is 0. The average Bonchev–Trinajstić information content (AvgIpc) is 3.23. The van der Waals surface area contributed by atoms with Crippen molar-refractivity contribution in [2.24, 2.45) is 5.92 Å². The van der Waals surface area contributed by atoms with Crippen LogP contribution in [0.3, 0.4) is 0 Å². The Bertz CT molecular complexity index is 531. The van der Waals surface area contributed by atoms with E-state index in [9.17, 15) is 0 Å². The van der Waals surface area contributed by atoms with Crippen molar-refractivity contribution in [3.8, 4) is 11.3 Å². The SMILES string of the molecule is CCCNC(Cc1nc(-c2ccccc2)cs1)C1CC1. The Morgan fingerprint density at radius 1 is 1.30 bits per heavy atom. The highest BCUT2D eigenvalue weighted by Crippen LogP contribution is 2.35. The molecule has 0 saturated heterocycles. The van der Waals surface area contributed by atoms with Crippen molar-refractivity contribution in [2.45, 2.75) is 38.6 Å². The van der Waals surface area contributed by atoms with Crippen molar-refractivity contribution in [1.82, 2.24) is 10.3 Å². The van der Waals surface area contributed by atoms with E-state index in [1.165, 1.54) is 29.8 Å². The highest BCUT2D eigenvalue weighted by Gasteiger charge is 2.31. The normalized spacial score (nSPS) is 16.2. The first-order valence-electron chi connectivity index (χ1n) is 7.60. The summed E-state index contributed by atoms with van der Waals surface area (Å²) in [7, 11) is 0. The predicted molar refractivity (Wildman–Crippen MR) is 86.1 cm³/mol. The van der Waals surface area contributed by atoms with Gasteiger partial charge in [-0.25, -0.2) is 4.98 Å². The monoisotopic (exact) mass is 286 g/mol. The maximum Gasteiger partial charge on any atom is 0.0948 e. The number of benzene rings is 1. The van der Waals surface area contributed by atoms with Crippen LogP contribution in [0.4, 0.5) is 0 Å². The van der Waals surface area contributed by atoms with Crippen LogP contribution in [0.25, 0.3) is 11.3 Å². The molecule has 20 heavy (non-hydrogen) atoms. The standard InChI is InChI=1S/C17H22N2S/c1-2-10-18-15(14-8-9-14)11-17-19-16(12-20-17)13-6-4-3-5-7-13/h3-7,12,14-15,18H,2,8-11H2,1H3. The Hall–Kier alpha value is -1.19. The molecule has 0 amide bonds. The Labute approximate surface area is 125 Å². The molecule has 1 N–H and O–H groups in total. The van der Waals surface area contributed by atoms with Gasteiger partial charge in [-0.2, -0.15) is 0 Å². The predicted octanol–water partition coefficient (Wildman–Crippen LogP) is 4.13. The van der Waals surface area contributed by atoms with Crippen LogP contribution in [0.2, 0.25) is 0 Å². The summed E-state index contributed by atoms with van der Waals surface area (Å²) in [5, 5.41) is 7.15. The second-order valence-corrected chi connectivity index (χ2v) is 6.54. The first kappa shape index (κ1) is 13.8. The van der Waals surface area contributed by atoms with Crippen LogP contribution in [-0.2, 0) is 6.42 Å². The third kappa shape index (κ3) is 3.47. The van der Waals surface area contributed by atoms with Gasteiger partial charge in [0.25, 0.3) is 0 Å². The summed E-state index contributed by atoms with van der Waals surface area (Å²) in [4.78, 5) is 4.82. The average molecular weight is 286 g/mol. The van der Waals surface area contributed by atoms with Gasteiger partial charge in [0.1, 0.15) is 0 Å². The maximum absolute atomic E-state index is 4.82. The molecule has 1 atom stereocenters. The van der Waals surface area contributed by atoms with Crippen molar-refractivity contribution in [3.05, 3.63) is 40.7 Å². The van der Waals surface area contributed by atoms with Crippen LogP contribution in [0.15, 0.2) is 35.7 Å².